The number of anilines is 1. The highest BCUT2D eigenvalue weighted by atomic mass is 32.2. The van der Waals surface area contributed by atoms with E-state index in [1.807, 2.05) is 11.9 Å². The molecule has 1 atom stereocenters. The van der Waals surface area contributed by atoms with Crippen LogP contribution in [0.3, 0.4) is 0 Å². The lowest BCUT2D eigenvalue weighted by molar-refractivity contribution is -0.117. The van der Waals surface area contributed by atoms with E-state index in [-0.39, 0.29) is 28.8 Å². The zero-order valence-electron chi connectivity index (χ0n) is 17.8. The summed E-state index contributed by atoms with van der Waals surface area (Å²) in [5.74, 6) is -0.169. The van der Waals surface area contributed by atoms with E-state index in [4.69, 9.17) is 4.74 Å². The average Bonchev–Trinajstić information content (AvgIpc) is 2.62. The van der Waals surface area contributed by atoms with Crippen molar-refractivity contribution < 1.29 is 17.9 Å². The van der Waals surface area contributed by atoms with Crippen molar-refractivity contribution in [3.05, 3.63) is 23.8 Å². The smallest absolute Gasteiger partial charge is 0.243 e. The highest BCUT2D eigenvalue weighted by Crippen LogP contribution is 2.25. The summed E-state index contributed by atoms with van der Waals surface area (Å²) in [7, 11) is -1.70. The molecule has 0 spiro atoms. The molecule has 2 rings (SSSR count). The van der Waals surface area contributed by atoms with Crippen molar-refractivity contribution in [3.8, 4) is 0 Å². The van der Waals surface area contributed by atoms with Crippen molar-refractivity contribution in [2.24, 2.45) is 5.41 Å². The molecule has 1 saturated heterocycles. The van der Waals surface area contributed by atoms with E-state index in [2.05, 4.69) is 33.0 Å². The highest BCUT2D eigenvalue weighted by molar-refractivity contribution is 7.89. The molecule has 28 heavy (non-hydrogen) atoms. The van der Waals surface area contributed by atoms with Crippen molar-refractivity contribution in [2.75, 3.05) is 45.2 Å². The van der Waals surface area contributed by atoms with Crippen LogP contribution < -0.4 is 5.32 Å². The van der Waals surface area contributed by atoms with Gasteiger partial charge in [-0.05, 0) is 44.0 Å². The third kappa shape index (κ3) is 5.53. The Labute approximate surface area is 169 Å². The summed E-state index contributed by atoms with van der Waals surface area (Å²) in [4.78, 5) is 14.7. The Morgan fingerprint density at radius 3 is 2.46 bits per heavy atom. The summed E-state index contributed by atoms with van der Waals surface area (Å²) in [5.41, 5.74) is 1.19. The number of nitrogens with zero attached hydrogens (tertiary/aromatic N) is 2. The van der Waals surface area contributed by atoms with E-state index in [9.17, 15) is 13.2 Å². The van der Waals surface area contributed by atoms with E-state index in [0.29, 0.717) is 37.6 Å². The van der Waals surface area contributed by atoms with Crippen LogP contribution in [0.25, 0.3) is 0 Å². The van der Waals surface area contributed by atoms with Crippen LogP contribution in [-0.4, -0.2) is 69.5 Å². The number of likely N-dealkylation sites (N-methyl/N-ethyl adjacent to an activating group) is 1. The van der Waals surface area contributed by atoms with E-state index in [1.165, 1.54) is 4.31 Å². The molecule has 0 saturated carbocycles. The second kappa shape index (κ2) is 8.90. The first-order valence-corrected chi connectivity index (χ1v) is 11.1. The van der Waals surface area contributed by atoms with Gasteiger partial charge >= 0.3 is 0 Å². The molecule has 0 aliphatic carbocycles. The fourth-order valence-electron chi connectivity index (χ4n) is 3.11. The van der Waals surface area contributed by atoms with Crippen LogP contribution in [0, 0.1) is 12.3 Å². The number of morpholine rings is 1. The van der Waals surface area contributed by atoms with Crippen LogP contribution in [0.4, 0.5) is 5.69 Å². The van der Waals surface area contributed by atoms with Gasteiger partial charge in [0.2, 0.25) is 15.9 Å². The molecule has 1 aliphatic heterocycles. The molecular formula is C20H33N3O4S. The Bertz CT molecular complexity index is 796. The minimum absolute atomic E-state index is 0.0539. The first kappa shape index (κ1) is 22.8. The Morgan fingerprint density at radius 2 is 1.89 bits per heavy atom. The number of ether oxygens (including phenoxy) is 1. The van der Waals surface area contributed by atoms with Crippen molar-refractivity contribution in [3.63, 3.8) is 0 Å². The number of aryl methyl sites for hydroxylation is 1. The van der Waals surface area contributed by atoms with Crippen LogP contribution in [0.2, 0.25) is 0 Å². The lowest BCUT2D eigenvalue weighted by atomic mass is 9.87. The molecular weight excluding hydrogens is 378 g/mol. The lowest BCUT2D eigenvalue weighted by Crippen LogP contribution is -2.43. The van der Waals surface area contributed by atoms with Crippen LogP contribution in [0.1, 0.15) is 33.3 Å². The molecule has 158 valence electrons. The molecule has 0 unspecified atom stereocenters. The molecule has 1 aliphatic rings. The second-order valence-corrected chi connectivity index (χ2v) is 10.4. The maximum absolute atomic E-state index is 13.0. The summed E-state index contributed by atoms with van der Waals surface area (Å²) in [5, 5.41) is 2.83. The third-order valence-corrected chi connectivity index (χ3v) is 7.41. The second-order valence-electron chi connectivity index (χ2n) is 8.50. The summed E-state index contributed by atoms with van der Waals surface area (Å²) >= 11 is 0. The van der Waals surface area contributed by atoms with Crippen LogP contribution in [0.5, 0.6) is 0 Å². The number of sulfonamides is 1. The van der Waals surface area contributed by atoms with Crippen molar-refractivity contribution >= 4 is 21.6 Å². The number of benzene rings is 1. The fourth-order valence-corrected chi connectivity index (χ4v) is 4.77. The van der Waals surface area contributed by atoms with Gasteiger partial charge in [-0.3, -0.25) is 9.69 Å². The van der Waals surface area contributed by atoms with Crippen LogP contribution >= 0.6 is 0 Å². The van der Waals surface area contributed by atoms with Gasteiger partial charge in [0.15, 0.2) is 0 Å². The monoisotopic (exact) mass is 411 g/mol. The minimum atomic E-state index is -3.62. The van der Waals surface area contributed by atoms with Gasteiger partial charge in [-0.2, -0.15) is 4.31 Å². The summed E-state index contributed by atoms with van der Waals surface area (Å²) in [6.45, 7) is 12.0. The predicted molar refractivity (Wildman–Crippen MR) is 111 cm³/mol. The van der Waals surface area contributed by atoms with E-state index >= 15 is 0 Å². The standard InChI is InChI=1S/C20H33N3O4S/c1-15-7-8-17(21-19(24)14-22(6)16(2)20(3,4)5)13-18(15)28(25,26)23-9-11-27-12-10-23/h7-8,13,16H,9-12,14H2,1-6H3,(H,21,24)/t16-/m0/s1. The Balaban J connectivity index is 2.13. The normalized spacial score (nSPS) is 17.5. The SMILES string of the molecule is Cc1ccc(NC(=O)CN(C)[C@@H](C)C(C)(C)C)cc1S(=O)(=O)N1CCOCC1. The predicted octanol–water partition coefficient (Wildman–Crippen LogP) is 2.32. The maximum Gasteiger partial charge on any atom is 0.243 e. The Hall–Kier alpha value is -1.48. The third-order valence-electron chi connectivity index (χ3n) is 5.37. The molecule has 1 heterocycles. The highest BCUT2D eigenvalue weighted by Gasteiger charge is 2.28. The van der Waals surface area contributed by atoms with E-state index in [0.717, 1.165) is 0 Å². The number of carbonyl (C=O) groups is 1. The Morgan fingerprint density at radius 1 is 1.29 bits per heavy atom. The first-order chi connectivity index (χ1) is 12.9. The zero-order chi connectivity index (χ0) is 21.1. The van der Waals surface area contributed by atoms with E-state index in [1.54, 1.807) is 25.1 Å². The first-order valence-electron chi connectivity index (χ1n) is 9.61. The van der Waals surface area contributed by atoms with Gasteiger partial charge in [-0.1, -0.05) is 26.8 Å². The topological polar surface area (TPSA) is 79.0 Å². The van der Waals surface area contributed by atoms with Crippen molar-refractivity contribution in [1.29, 1.82) is 0 Å². The number of hydrogen-bond donors (Lipinski definition) is 1. The summed E-state index contributed by atoms with van der Waals surface area (Å²) in [6.07, 6.45) is 0. The number of hydrogen-bond acceptors (Lipinski definition) is 5. The lowest BCUT2D eigenvalue weighted by Gasteiger charge is -2.34. The summed E-state index contributed by atoms with van der Waals surface area (Å²) < 4.78 is 32.6. The van der Waals surface area contributed by atoms with Gasteiger partial charge in [0.05, 0.1) is 24.7 Å². The average molecular weight is 412 g/mol. The molecule has 1 aromatic rings. The molecule has 7 nitrogen and oxygen atoms in total. The van der Waals surface area contributed by atoms with Crippen LogP contribution in [-0.2, 0) is 19.6 Å². The van der Waals surface area contributed by atoms with Gasteiger partial charge in [0.1, 0.15) is 0 Å². The summed E-state index contributed by atoms with van der Waals surface area (Å²) in [6, 6.07) is 5.22. The maximum atomic E-state index is 13.0. The number of rotatable bonds is 6. The van der Waals surface area contributed by atoms with Gasteiger partial charge < -0.3 is 10.1 Å². The molecule has 0 bridgehead atoms. The fraction of sp³-hybridized carbons (Fsp3) is 0.650. The van der Waals surface area contributed by atoms with Gasteiger partial charge in [0, 0.05) is 24.8 Å². The van der Waals surface area contributed by atoms with E-state index < -0.39 is 10.0 Å². The molecule has 1 fully saturated rings. The molecule has 8 heteroatoms. The minimum Gasteiger partial charge on any atom is -0.379 e. The number of carbonyl (C=O) groups excluding carboxylic acids is 1. The molecule has 0 aromatic heterocycles. The Kier molecular flexibility index (Phi) is 7.25. The van der Waals surface area contributed by atoms with Crippen molar-refractivity contribution in [1.82, 2.24) is 9.21 Å². The largest absolute Gasteiger partial charge is 0.379 e. The molecule has 0 radical (unpaired) electrons. The number of nitrogens with one attached hydrogen (secondary N) is 1. The molecule has 1 N–H and O–H groups in total. The van der Waals surface area contributed by atoms with Gasteiger partial charge in [0.25, 0.3) is 0 Å². The molecule has 1 aromatic carbocycles. The van der Waals surface area contributed by atoms with Crippen molar-refractivity contribution in [2.45, 2.75) is 45.6 Å². The molecule has 1 amide bonds. The van der Waals surface area contributed by atoms with Gasteiger partial charge in [-0.15, -0.1) is 0 Å². The zero-order valence-corrected chi connectivity index (χ0v) is 18.6. The number of amides is 1. The van der Waals surface area contributed by atoms with Crippen LogP contribution in [0.15, 0.2) is 23.1 Å². The quantitative estimate of drug-likeness (QED) is 0.777. The van der Waals surface area contributed by atoms with Gasteiger partial charge in [-0.25, -0.2) is 8.42 Å².